The summed E-state index contributed by atoms with van der Waals surface area (Å²) in [4.78, 5) is 18.5. The second-order valence-corrected chi connectivity index (χ2v) is 6.08. The van der Waals surface area contributed by atoms with E-state index in [0.717, 1.165) is 16.5 Å². The van der Waals surface area contributed by atoms with E-state index in [2.05, 4.69) is 21.3 Å². The lowest BCUT2D eigenvalue weighted by Crippen LogP contribution is -2.24. The Morgan fingerprint density at radius 3 is 2.84 bits per heavy atom. The van der Waals surface area contributed by atoms with Gasteiger partial charge in [-0.3, -0.25) is 9.78 Å². The average Bonchev–Trinajstić information content (AvgIpc) is 2.60. The van der Waals surface area contributed by atoms with Crippen molar-refractivity contribution in [3.05, 3.63) is 72.2 Å². The lowest BCUT2D eigenvalue weighted by atomic mass is 10.1. The Morgan fingerprint density at radius 1 is 1.16 bits per heavy atom. The molecular formula is C20H20FN3O. The van der Waals surface area contributed by atoms with Gasteiger partial charge in [0, 0.05) is 36.8 Å². The van der Waals surface area contributed by atoms with Crippen molar-refractivity contribution in [2.24, 2.45) is 0 Å². The topological polar surface area (TPSA) is 45.2 Å². The molecule has 3 rings (SSSR count). The molecule has 128 valence electrons. The van der Waals surface area contributed by atoms with Crippen LogP contribution in [-0.4, -0.2) is 29.4 Å². The van der Waals surface area contributed by atoms with E-state index in [1.807, 2.05) is 37.5 Å². The Labute approximate surface area is 146 Å². The maximum Gasteiger partial charge on any atom is 0.225 e. The van der Waals surface area contributed by atoms with Gasteiger partial charge in [0.05, 0.1) is 5.52 Å². The minimum absolute atomic E-state index is 0.130. The summed E-state index contributed by atoms with van der Waals surface area (Å²) in [6.45, 7) is 1.32. The summed E-state index contributed by atoms with van der Waals surface area (Å²) in [6, 6.07) is 16.0. The van der Waals surface area contributed by atoms with Gasteiger partial charge in [-0.25, -0.2) is 4.39 Å². The highest BCUT2D eigenvalue weighted by molar-refractivity contribution is 5.90. The molecule has 0 atom stereocenters. The van der Waals surface area contributed by atoms with E-state index in [1.165, 1.54) is 12.1 Å². The van der Waals surface area contributed by atoms with Gasteiger partial charge < -0.3 is 10.2 Å². The van der Waals surface area contributed by atoms with E-state index < -0.39 is 0 Å². The van der Waals surface area contributed by atoms with Crippen LogP contribution in [-0.2, 0) is 11.3 Å². The number of amides is 1. The fourth-order valence-corrected chi connectivity index (χ4v) is 2.68. The van der Waals surface area contributed by atoms with E-state index in [-0.39, 0.29) is 11.7 Å². The van der Waals surface area contributed by atoms with Crippen molar-refractivity contribution in [1.29, 1.82) is 0 Å². The molecule has 5 heteroatoms. The molecule has 1 aromatic heterocycles. The van der Waals surface area contributed by atoms with Gasteiger partial charge in [-0.05, 0) is 42.9 Å². The van der Waals surface area contributed by atoms with E-state index in [9.17, 15) is 9.18 Å². The van der Waals surface area contributed by atoms with Gasteiger partial charge in [-0.15, -0.1) is 0 Å². The molecule has 0 bridgehead atoms. The first-order valence-corrected chi connectivity index (χ1v) is 8.18. The molecule has 3 aromatic rings. The van der Waals surface area contributed by atoms with Crippen molar-refractivity contribution >= 4 is 22.5 Å². The maximum absolute atomic E-state index is 13.1. The Balaban J connectivity index is 1.51. The number of carbonyl (C=O) groups excluding carboxylic acids is 1. The van der Waals surface area contributed by atoms with E-state index in [4.69, 9.17) is 0 Å². The molecule has 0 aliphatic carbocycles. The zero-order valence-electron chi connectivity index (χ0n) is 14.1. The van der Waals surface area contributed by atoms with E-state index in [1.54, 1.807) is 12.1 Å². The van der Waals surface area contributed by atoms with Crippen LogP contribution in [0.15, 0.2) is 60.8 Å². The van der Waals surface area contributed by atoms with Gasteiger partial charge >= 0.3 is 0 Å². The van der Waals surface area contributed by atoms with Crippen LogP contribution in [0.1, 0.15) is 12.0 Å². The van der Waals surface area contributed by atoms with Gasteiger partial charge in [0.15, 0.2) is 0 Å². The van der Waals surface area contributed by atoms with Gasteiger partial charge in [0.25, 0.3) is 0 Å². The summed E-state index contributed by atoms with van der Waals surface area (Å²) in [5.74, 6) is -0.493. The lowest BCUT2D eigenvalue weighted by Gasteiger charge is -2.16. The van der Waals surface area contributed by atoms with Crippen molar-refractivity contribution in [2.45, 2.75) is 13.0 Å². The number of benzene rings is 2. The van der Waals surface area contributed by atoms with E-state index in [0.29, 0.717) is 25.2 Å². The van der Waals surface area contributed by atoms with Crippen LogP contribution in [0.25, 0.3) is 10.9 Å². The molecule has 0 aliphatic rings. The van der Waals surface area contributed by atoms with Crippen LogP contribution in [0.3, 0.4) is 0 Å². The first-order chi connectivity index (χ1) is 12.1. The van der Waals surface area contributed by atoms with Crippen LogP contribution in [0.5, 0.6) is 0 Å². The molecule has 25 heavy (non-hydrogen) atoms. The first-order valence-electron chi connectivity index (χ1n) is 8.18. The number of halogens is 1. The molecular weight excluding hydrogens is 317 g/mol. The SMILES string of the molecule is CN(CCC(=O)Nc1cccc(F)c1)Cc1cnc2ccccc2c1. The number of hydrogen-bond donors (Lipinski definition) is 1. The number of carbonyl (C=O) groups is 1. The third-order valence-corrected chi connectivity index (χ3v) is 3.93. The zero-order valence-corrected chi connectivity index (χ0v) is 14.1. The fraction of sp³-hybridized carbons (Fsp3) is 0.200. The normalized spacial score (nSPS) is 11.0. The quantitative estimate of drug-likeness (QED) is 0.743. The predicted octanol–water partition coefficient (Wildman–Crippen LogP) is 3.83. The molecule has 1 heterocycles. The highest BCUT2D eigenvalue weighted by atomic mass is 19.1. The lowest BCUT2D eigenvalue weighted by molar-refractivity contribution is -0.116. The number of nitrogens with zero attached hydrogens (tertiary/aromatic N) is 2. The van der Waals surface area contributed by atoms with Gasteiger partial charge in [0.1, 0.15) is 5.82 Å². The number of anilines is 1. The van der Waals surface area contributed by atoms with Crippen LogP contribution >= 0.6 is 0 Å². The highest BCUT2D eigenvalue weighted by Gasteiger charge is 2.07. The molecule has 0 radical (unpaired) electrons. The van der Waals surface area contributed by atoms with Crippen LogP contribution < -0.4 is 5.32 Å². The number of para-hydroxylation sites is 1. The predicted molar refractivity (Wildman–Crippen MR) is 97.7 cm³/mol. The molecule has 2 aromatic carbocycles. The van der Waals surface area contributed by atoms with Gasteiger partial charge in [-0.2, -0.15) is 0 Å². The molecule has 0 fully saturated rings. The standard InChI is InChI=1S/C20H20FN3O/c1-24(10-9-20(25)23-18-7-4-6-17(21)12-18)14-15-11-16-5-2-3-8-19(16)22-13-15/h2-8,11-13H,9-10,14H2,1H3,(H,23,25). The average molecular weight is 337 g/mol. The summed E-state index contributed by atoms with van der Waals surface area (Å²) in [6.07, 6.45) is 2.21. The molecule has 1 N–H and O–H groups in total. The highest BCUT2D eigenvalue weighted by Crippen LogP contribution is 2.14. The summed E-state index contributed by atoms with van der Waals surface area (Å²) in [5.41, 5.74) is 2.56. The fourth-order valence-electron chi connectivity index (χ4n) is 2.68. The zero-order chi connectivity index (χ0) is 17.6. The van der Waals surface area contributed by atoms with Crippen LogP contribution in [0.4, 0.5) is 10.1 Å². The molecule has 1 amide bonds. The Kier molecular flexibility index (Phi) is 5.36. The minimum Gasteiger partial charge on any atom is -0.326 e. The molecule has 0 saturated heterocycles. The maximum atomic E-state index is 13.1. The Morgan fingerprint density at radius 2 is 2.00 bits per heavy atom. The number of hydrogen-bond acceptors (Lipinski definition) is 3. The largest absolute Gasteiger partial charge is 0.326 e. The number of pyridine rings is 1. The Hall–Kier alpha value is -2.79. The Bertz CT molecular complexity index is 881. The minimum atomic E-state index is -0.362. The number of nitrogens with one attached hydrogen (secondary N) is 1. The monoisotopic (exact) mass is 337 g/mol. The second kappa shape index (κ2) is 7.85. The molecule has 0 saturated carbocycles. The molecule has 0 spiro atoms. The van der Waals surface area contributed by atoms with Crippen molar-refractivity contribution in [1.82, 2.24) is 9.88 Å². The van der Waals surface area contributed by atoms with Crippen LogP contribution in [0.2, 0.25) is 0 Å². The summed E-state index contributed by atoms with van der Waals surface area (Å²) < 4.78 is 13.1. The van der Waals surface area contributed by atoms with Crippen molar-refractivity contribution in [2.75, 3.05) is 18.9 Å². The summed E-state index contributed by atoms with van der Waals surface area (Å²) in [7, 11) is 1.96. The van der Waals surface area contributed by atoms with Gasteiger partial charge in [-0.1, -0.05) is 24.3 Å². The van der Waals surface area contributed by atoms with Crippen molar-refractivity contribution in [3.63, 3.8) is 0 Å². The summed E-state index contributed by atoms with van der Waals surface area (Å²) >= 11 is 0. The van der Waals surface area contributed by atoms with Crippen molar-refractivity contribution in [3.8, 4) is 0 Å². The smallest absolute Gasteiger partial charge is 0.225 e. The van der Waals surface area contributed by atoms with E-state index >= 15 is 0 Å². The molecule has 0 aliphatic heterocycles. The van der Waals surface area contributed by atoms with Crippen molar-refractivity contribution < 1.29 is 9.18 Å². The third-order valence-electron chi connectivity index (χ3n) is 3.93. The second-order valence-electron chi connectivity index (χ2n) is 6.08. The number of rotatable bonds is 6. The number of aromatic nitrogens is 1. The number of fused-ring (bicyclic) bond motifs is 1. The molecule has 0 unspecified atom stereocenters. The first kappa shape index (κ1) is 17.0. The van der Waals surface area contributed by atoms with Gasteiger partial charge in [0.2, 0.25) is 5.91 Å². The summed E-state index contributed by atoms with van der Waals surface area (Å²) in [5, 5.41) is 3.82. The van der Waals surface area contributed by atoms with Crippen LogP contribution in [0, 0.1) is 5.82 Å². The third kappa shape index (κ3) is 4.84. The molecule has 4 nitrogen and oxygen atoms in total.